The topological polar surface area (TPSA) is 60.9 Å². The summed E-state index contributed by atoms with van der Waals surface area (Å²) in [4.78, 5) is 27.9. The van der Waals surface area contributed by atoms with E-state index in [-0.39, 0.29) is 33.2 Å². The molecule has 5 nitrogen and oxygen atoms in total. The van der Waals surface area contributed by atoms with Gasteiger partial charge in [-0.15, -0.1) is 0 Å². The van der Waals surface area contributed by atoms with Crippen LogP contribution >= 0.6 is 23.2 Å². The molecule has 0 radical (unpaired) electrons. The van der Waals surface area contributed by atoms with E-state index in [0.717, 1.165) is 0 Å². The lowest BCUT2D eigenvalue weighted by atomic mass is 10.1. The zero-order chi connectivity index (χ0) is 18.1. The molecule has 2 aromatic rings. The van der Waals surface area contributed by atoms with Gasteiger partial charge in [-0.3, -0.25) is 19.4 Å². The van der Waals surface area contributed by atoms with Gasteiger partial charge in [0.15, 0.2) is 5.75 Å². The van der Waals surface area contributed by atoms with Crippen LogP contribution in [0.1, 0.15) is 23.7 Å². The molecule has 3 rings (SSSR count). The summed E-state index contributed by atoms with van der Waals surface area (Å²) in [5.41, 5.74) is 1.40. The van der Waals surface area contributed by atoms with E-state index in [2.05, 4.69) is 0 Å². The maximum atomic E-state index is 12.9. The van der Waals surface area contributed by atoms with Crippen molar-refractivity contribution in [1.82, 2.24) is 0 Å². The van der Waals surface area contributed by atoms with Crippen LogP contribution in [0.5, 0.6) is 5.75 Å². The van der Waals surface area contributed by atoms with E-state index in [1.54, 1.807) is 37.4 Å². The third kappa shape index (κ3) is 3.08. The molecule has 7 heteroatoms. The van der Waals surface area contributed by atoms with Gasteiger partial charge in [-0.2, -0.15) is 0 Å². The zero-order valence-electron chi connectivity index (χ0n) is 13.2. The predicted molar refractivity (Wildman–Crippen MR) is 98.3 cm³/mol. The molecule has 128 valence electrons. The predicted octanol–water partition coefficient (Wildman–Crippen LogP) is 4.57. The Morgan fingerprint density at radius 3 is 2.08 bits per heavy atom. The summed E-state index contributed by atoms with van der Waals surface area (Å²) < 4.78 is 0. The minimum absolute atomic E-state index is 0.00656. The van der Waals surface area contributed by atoms with Gasteiger partial charge >= 0.3 is 0 Å². The van der Waals surface area contributed by atoms with Crippen LogP contribution in [0.2, 0.25) is 10.0 Å². The molecule has 1 aliphatic rings. The van der Waals surface area contributed by atoms with Crippen LogP contribution in [0.3, 0.4) is 0 Å². The maximum absolute atomic E-state index is 12.9. The van der Waals surface area contributed by atoms with E-state index >= 15 is 0 Å². The number of carbonyl (C=O) groups is 2. The van der Waals surface area contributed by atoms with Crippen molar-refractivity contribution in [2.24, 2.45) is 0 Å². The van der Waals surface area contributed by atoms with Crippen molar-refractivity contribution in [3.8, 4) is 5.75 Å². The van der Waals surface area contributed by atoms with Crippen LogP contribution < -0.4 is 9.80 Å². The van der Waals surface area contributed by atoms with Gasteiger partial charge < -0.3 is 5.11 Å². The molecule has 1 N–H and O–H groups in total. The molecule has 0 saturated carbocycles. The number of carbonyl (C=O) groups excluding carboxylic acids is 2. The first-order valence-corrected chi connectivity index (χ1v) is 8.30. The second-order valence-electron chi connectivity index (χ2n) is 5.37. The van der Waals surface area contributed by atoms with Crippen LogP contribution in [0.15, 0.2) is 48.8 Å². The maximum Gasteiger partial charge on any atom is 0.262 e. The number of rotatable bonds is 2. The average Bonchev–Trinajstić information content (AvgIpc) is 2.63. The van der Waals surface area contributed by atoms with Gasteiger partial charge in [-0.05, 0) is 24.3 Å². The van der Waals surface area contributed by atoms with Crippen molar-refractivity contribution in [2.75, 3.05) is 9.80 Å². The first-order valence-electron chi connectivity index (χ1n) is 7.55. The van der Waals surface area contributed by atoms with Crippen LogP contribution in [0.25, 0.3) is 0 Å². The lowest BCUT2D eigenvalue weighted by molar-refractivity contribution is -0.117. The summed E-state index contributed by atoms with van der Waals surface area (Å²) in [5.74, 6) is -0.725. The summed E-state index contributed by atoms with van der Waals surface area (Å²) in [7, 11) is 0. The Balaban J connectivity index is 2.04. The summed E-state index contributed by atoms with van der Waals surface area (Å²) in [6.45, 7) is 1.77. The highest BCUT2D eigenvalue weighted by molar-refractivity contribution is 6.37. The van der Waals surface area contributed by atoms with Gasteiger partial charge in [-0.1, -0.05) is 42.3 Å². The molecule has 0 aromatic heterocycles. The number of nitrogens with zero attached hydrogens (tertiary/aromatic N) is 2. The van der Waals surface area contributed by atoms with E-state index in [4.69, 9.17) is 23.2 Å². The van der Waals surface area contributed by atoms with Gasteiger partial charge in [0.1, 0.15) is 0 Å². The molecule has 0 atom stereocenters. The van der Waals surface area contributed by atoms with Crippen molar-refractivity contribution in [3.05, 3.63) is 64.4 Å². The van der Waals surface area contributed by atoms with Crippen molar-refractivity contribution in [2.45, 2.75) is 13.3 Å². The molecule has 0 aliphatic carbocycles. The van der Waals surface area contributed by atoms with Crippen LogP contribution in [-0.2, 0) is 4.79 Å². The molecule has 2 amide bonds. The molecular weight excluding hydrogens is 363 g/mol. The molecule has 0 unspecified atom stereocenters. The summed E-state index contributed by atoms with van der Waals surface area (Å²) >= 11 is 11.8. The minimum Gasteiger partial charge on any atom is -0.505 e. The van der Waals surface area contributed by atoms with Gasteiger partial charge in [0.25, 0.3) is 5.91 Å². The SMILES string of the molecule is CCC(=O)N1C=CN(C(=O)c2cc(Cl)c(O)c(Cl)c2)c2ccccc21. The van der Waals surface area contributed by atoms with Gasteiger partial charge in [-0.25, -0.2) is 0 Å². The number of aromatic hydroxyl groups is 1. The Bertz CT molecular complexity index is 873. The Kier molecular flexibility index (Phi) is 4.70. The van der Waals surface area contributed by atoms with E-state index in [0.29, 0.717) is 17.8 Å². The molecule has 2 aromatic carbocycles. The normalized spacial score (nSPS) is 12.9. The van der Waals surface area contributed by atoms with Crippen LogP contribution in [-0.4, -0.2) is 16.9 Å². The fourth-order valence-electron chi connectivity index (χ4n) is 2.56. The number of anilines is 2. The fraction of sp³-hybridized carbons (Fsp3) is 0.111. The van der Waals surface area contributed by atoms with Gasteiger partial charge in [0, 0.05) is 24.4 Å². The molecule has 25 heavy (non-hydrogen) atoms. The average molecular weight is 377 g/mol. The number of phenolic OH excluding ortho intramolecular Hbond substituents is 1. The third-order valence-electron chi connectivity index (χ3n) is 3.82. The smallest absolute Gasteiger partial charge is 0.262 e. The highest BCUT2D eigenvalue weighted by Gasteiger charge is 2.27. The summed E-state index contributed by atoms with van der Waals surface area (Å²) in [6, 6.07) is 9.80. The molecule has 0 bridgehead atoms. The fourth-order valence-corrected chi connectivity index (χ4v) is 3.05. The molecule has 0 spiro atoms. The van der Waals surface area contributed by atoms with Gasteiger partial charge in [0.05, 0.1) is 21.4 Å². The molecule has 1 aliphatic heterocycles. The number of halogens is 2. The first kappa shape index (κ1) is 17.3. The molecular formula is C18H14Cl2N2O3. The van der Waals surface area contributed by atoms with E-state index in [1.807, 2.05) is 0 Å². The highest BCUT2D eigenvalue weighted by Crippen LogP contribution is 2.37. The quantitative estimate of drug-likeness (QED) is 0.834. The lowest BCUT2D eigenvalue weighted by Crippen LogP contribution is -2.34. The monoisotopic (exact) mass is 376 g/mol. The number of fused-ring (bicyclic) bond motifs is 1. The highest BCUT2D eigenvalue weighted by atomic mass is 35.5. The van der Waals surface area contributed by atoms with Crippen molar-refractivity contribution in [1.29, 1.82) is 0 Å². The minimum atomic E-state index is -0.379. The summed E-state index contributed by atoms with van der Waals surface area (Å²) in [6.07, 6.45) is 3.42. The first-order chi connectivity index (χ1) is 11.9. The van der Waals surface area contributed by atoms with Gasteiger partial charge in [0.2, 0.25) is 5.91 Å². The standard InChI is InChI=1S/C18H14Cl2N2O3/c1-2-16(23)21-7-8-22(15-6-4-3-5-14(15)21)18(25)11-9-12(19)17(24)13(20)10-11/h3-10,24H,2H2,1H3. The number of hydrogen-bond acceptors (Lipinski definition) is 3. The summed E-state index contributed by atoms with van der Waals surface area (Å²) in [5, 5.41) is 9.64. The largest absolute Gasteiger partial charge is 0.505 e. The number of phenols is 1. The number of hydrogen-bond donors (Lipinski definition) is 1. The van der Waals surface area contributed by atoms with Crippen LogP contribution in [0, 0.1) is 0 Å². The lowest BCUT2D eigenvalue weighted by Gasteiger charge is -2.31. The Morgan fingerprint density at radius 1 is 1.00 bits per heavy atom. The van der Waals surface area contributed by atoms with Crippen molar-refractivity contribution in [3.63, 3.8) is 0 Å². The Hall–Kier alpha value is -2.50. The van der Waals surface area contributed by atoms with Crippen molar-refractivity contribution >= 4 is 46.4 Å². The molecule has 0 fully saturated rings. The van der Waals surface area contributed by atoms with E-state index in [9.17, 15) is 14.7 Å². The molecule has 1 heterocycles. The number of para-hydroxylation sites is 2. The Morgan fingerprint density at radius 2 is 1.52 bits per heavy atom. The zero-order valence-corrected chi connectivity index (χ0v) is 14.8. The van der Waals surface area contributed by atoms with Crippen molar-refractivity contribution < 1.29 is 14.7 Å². The second kappa shape index (κ2) is 6.78. The number of amides is 2. The Labute approximate surface area is 154 Å². The second-order valence-corrected chi connectivity index (χ2v) is 6.18. The third-order valence-corrected chi connectivity index (χ3v) is 4.40. The van der Waals surface area contributed by atoms with E-state index < -0.39 is 0 Å². The molecule has 0 saturated heterocycles. The van der Waals surface area contributed by atoms with Crippen LogP contribution in [0.4, 0.5) is 11.4 Å². The van der Waals surface area contributed by atoms with E-state index in [1.165, 1.54) is 28.1 Å². The number of benzene rings is 2.